The molecule has 0 radical (unpaired) electrons. The van der Waals surface area contributed by atoms with Gasteiger partial charge < -0.3 is 9.84 Å². The molecule has 0 aliphatic heterocycles. The molecule has 1 N–H and O–H groups in total. The summed E-state index contributed by atoms with van der Waals surface area (Å²) in [6.45, 7) is 1.75. The second-order valence-corrected chi connectivity index (χ2v) is 6.69. The molecule has 1 heterocycles. The molecule has 1 aromatic heterocycles. The standard InChI is InChI=1S/C39H4.C7H7NO3/c1-3-5-7-9-11-13-15-17-19-21-23-25-27-29-31-33-35-37-39-38-36-34-32-30-28-26-24-22-20-18-16-14-12-10-8-6-4-2;9-7(10)11-5-6-2-1-3-8-4-6/h1H,2H3;1-4H,5H2,(H,9,10). The molecule has 0 saturated heterocycles. The molecule has 0 aliphatic carbocycles. The van der Waals surface area contributed by atoms with Gasteiger partial charge >= 0.3 is 6.16 Å². The quantitative estimate of drug-likeness (QED) is 0.404. The van der Waals surface area contributed by atoms with Crippen LogP contribution in [0.5, 0.6) is 0 Å². The molecule has 0 spiro atoms. The van der Waals surface area contributed by atoms with E-state index in [0.29, 0.717) is 0 Å². The van der Waals surface area contributed by atoms with E-state index in [1.54, 1.807) is 31.5 Å². The Labute approximate surface area is 294 Å². The highest BCUT2D eigenvalue weighted by Crippen LogP contribution is 1.97. The molecule has 0 bridgehead atoms. The summed E-state index contributed by atoms with van der Waals surface area (Å²) in [4.78, 5) is 13.7. The molecule has 0 saturated carbocycles. The number of terminal acetylenes is 1. The highest BCUT2D eigenvalue weighted by Gasteiger charge is 1.96. The van der Waals surface area contributed by atoms with Crippen LogP contribution in [0.4, 0.5) is 4.79 Å². The number of nitrogens with zero attached hydrogens (tertiary/aromatic N) is 1. The molecule has 1 aromatic rings. The maximum Gasteiger partial charge on any atom is 0.506 e. The summed E-state index contributed by atoms with van der Waals surface area (Å²) in [5, 5.41) is 8.13. The molecule has 0 aromatic carbocycles. The molecule has 50 heavy (non-hydrogen) atoms. The zero-order valence-electron chi connectivity index (χ0n) is 25.8. The normalized spacial score (nSPS) is 5.04. The van der Waals surface area contributed by atoms with Crippen molar-refractivity contribution in [1.29, 1.82) is 0 Å². The lowest BCUT2D eigenvalue weighted by Crippen LogP contribution is -1.99. The number of carboxylic acid groups (broad SMARTS) is 1. The van der Waals surface area contributed by atoms with Crippen LogP contribution in [0.1, 0.15) is 12.5 Å². The SMILES string of the molecule is C#CC#CC#CC#CC#CC#CC#CC#CC#CC#CC#CC#CC#CC#CC#CC#CC#CC#CC#CC.O=C(O)OCc1cccnc1. The molecule has 0 fully saturated rings. The molecule has 0 unspecified atom stereocenters. The Kier molecular flexibility index (Phi) is 28.2. The Bertz CT molecular complexity index is 2690. The predicted molar refractivity (Wildman–Crippen MR) is 192 cm³/mol. The molecule has 218 valence electrons. The van der Waals surface area contributed by atoms with Gasteiger partial charge in [-0.05, 0) is 108 Å². The van der Waals surface area contributed by atoms with Gasteiger partial charge in [-0.25, -0.2) is 4.79 Å². The van der Waals surface area contributed by atoms with Crippen molar-refractivity contribution in [3.05, 3.63) is 30.1 Å². The first-order chi connectivity index (χ1) is 24.7. The highest BCUT2D eigenvalue weighted by molar-refractivity contribution is 5.56. The van der Waals surface area contributed by atoms with Gasteiger partial charge in [-0.3, -0.25) is 4.98 Å². The number of hydrogen-bond acceptors (Lipinski definition) is 3. The number of hydrogen-bond donors (Lipinski definition) is 1. The van der Waals surface area contributed by atoms with Crippen molar-refractivity contribution in [3.8, 4) is 225 Å². The van der Waals surface area contributed by atoms with Crippen molar-refractivity contribution in [1.82, 2.24) is 4.98 Å². The van der Waals surface area contributed by atoms with E-state index in [2.05, 4.69) is 229 Å². The van der Waals surface area contributed by atoms with E-state index in [4.69, 9.17) is 11.5 Å². The van der Waals surface area contributed by atoms with Crippen molar-refractivity contribution in [2.45, 2.75) is 13.5 Å². The minimum absolute atomic E-state index is 0.0587. The molecule has 0 atom stereocenters. The van der Waals surface area contributed by atoms with Crippen molar-refractivity contribution in [3.63, 3.8) is 0 Å². The topological polar surface area (TPSA) is 59.4 Å². The second kappa shape index (κ2) is 35.3. The average molecular weight is 626 g/mol. The fourth-order valence-corrected chi connectivity index (χ4v) is 1.76. The van der Waals surface area contributed by atoms with Crippen LogP contribution in [-0.2, 0) is 11.3 Å². The highest BCUT2D eigenvalue weighted by atomic mass is 16.7. The van der Waals surface area contributed by atoms with E-state index in [9.17, 15) is 4.79 Å². The first-order valence-corrected chi connectivity index (χ1v) is 12.8. The third-order valence-electron chi connectivity index (χ3n) is 3.41. The number of rotatable bonds is 2. The van der Waals surface area contributed by atoms with Gasteiger partial charge in [0.05, 0.1) is 0 Å². The monoisotopic (exact) mass is 625 g/mol. The van der Waals surface area contributed by atoms with Crippen LogP contribution in [0, 0.1) is 225 Å². The smallest absolute Gasteiger partial charge is 0.450 e. The van der Waals surface area contributed by atoms with Gasteiger partial charge in [-0.2, -0.15) is 0 Å². The molecule has 0 aliphatic rings. The third-order valence-corrected chi connectivity index (χ3v) is 3.41. The molecular weight excluding hydrogens is 615 g/mol. The summed E-state index contributed by atoms with van der Waals surface area (Å²) < 4.78 is 4.30. The average Bonchev–Trinajstić information content (AvgIpc) is 3.13. The van der Waals surface area contributed by atoms with Gasteiger partial charge in [-0.1, -0.05) is 12.0 Å². The zero-order valence-corrected chi connectivity index (χ0v) is 25.8. The Morgan fingerprint density at radius 2 is 0.820 bits per heavy atom. The fourth-order valence-electron chi connectivity index (χ4n) is 1.76. The summed E-state index contributed by atoms with van der Waals surface area (Å²) in [6, 6.07) is 3.47. The van der Waals surface area contributed by atoms with Crippen molar-refractivity contribution < 1.29 is 14.6 Å². The summed E-state index contributed by atoms with van der Waals surface area (Å²) in [5.74, 6) is 91.9. The van der Waals surface area contributed by atoms with Crippen molar-refractivity contribution in [2.24, 2.45) is 0 Å². The van der Waals surface area contributed by atoms with Crippen LogP contribution < -0.4 is 0 Å². The third kappa shape index (κ3) is 34.3. The van der Waals surface area contributed by atoms with Gasteiger partial charge in [0.15, 0.2) is 0 Å². The Morgan fingerprint density at radius 1 is 0.540 bits per heavy atom. The van der Waals surface area contributed by atoms with Crippen molar-refractivity contribution >= 4 is 6.16 Å². The van der Waals surface area contributed by atoms with Gasteiger partial charge in [-0.15, -0.1) is 6.42 Å². The van der Waals surface area contributed by atoms with Gasteiger partial charge in [0, 0.05) is 136 Å². The van der Waals surface area contributed by atoms with Gasteiger partial charge in [0.2, 0.25) is 0 Å². The van der Waals surface area contributed by atoms with Gasteiger partial charge in [0.1, 0.15) is 6.61 Å². The van der Waals surface area contributed by atoms with E-state index < -0.39 is 6.16 Å². The lowest BCUT2D eigenvalue weighted by atomic mass is 10.3. The maximum absolute atomic E-state index is 9.93. The minimum Gasteiger partial charge on any atom is -0.450 e. The first kappa shape index (κ1) is 40.1. The molecule has 4 nitrogen and oxygen atoms in total. The first-order valence-electron chi connectivity index (χ1n) is 12.8. The number of pyridine rings is 1. The van der Waals surface area contributed by atoms with E-state index in [0.717, 1.165) is 5.56 Å². The Balaban J connectivity index is 0.00000183. The lowest BCUT2D eigenvalue weighted by Gasteiger charge is -1.97. The fraction of sp³-hybridized carbons (Fsp3) is 0.0435. The second-order valence-electron chi connectivity index (χ2n) is 6.69. The Morgan fingerprint density at radius 3 is 1.04 bits per heavy atom. The largest absolute Gasteiger partial charge is 0.506 e. The van der Waals surface area contributed by atoms with E-state index in [1.165, 1.54) is 0 Å². The van der Waals surface area contributed by atoms with Crippen molar-refractivity contribution in [2.75, 3.05) is 0 Å². The van der Waals surface area contributed by atoms with Gasteiger partial charge in [0.25, 0.3) is 0 Å². The van der Waals surface area contributed by atoms with Crippen LogP contribution in [-0.4, -0.2) is 16.2 Å². The van der Waals surface area contributed by atoms with E-state index in [-0.39, 0.29) is 6.61 Å². The van der Waals surface area contributed by atoms with Crippen LogP contribution >= 0.6 is 0 Å². The molecule has 0 amide bonds. The van der Waals surface area contributed by atoms with E-state index in [1.807, 2.05) is 0 Å². The van der Waals surface area contributed by atoms with Crippen LogP contribution in [0.2, 0.25) is 0 Å². The summed E-state index contributed by atoms with van der Waals surface area (Å²) in [7, 11) is 0. The minimum atomic E-state index is -1.27. The molecule has 1 rings (SSSR count). The maximum atomic E-state index is 9.93. The summed E-state index contributed by atoms with van der Waals surface area (Å²) in [6.07, 6.45) is 6.83. The molecular formula is C46H11NO3. The molecule has 4 heteroatoms. The van der Waals surface area contributed by atoms with Crippen LogP contribution in [0.3, 0.4) is 0 Å². The number of ether oxygens (including phenoxy) is 1. The number of aromatic nitrogens is 1. The lowest BCUT2D eigenvalue weighted by molar-refractivity contribution is 0.0853. The van der Waals surface area contributed by atoms with Crippen LogP contribution in [0.25, 0.3) is 0 Å². The summed E-state index contributed by atoms with van der Waals surface area (Å²) >= 11 is 0. The zero-order chi connectivity index (χ0) is 36.3. The number of carbonyl (C=O) groups is 1. The summed E-state index contributed by atoms with van der Waals surface area (Å²) in [5.41, 5.74) is 0.745. The van der Waals surface area contributed by atoms with Crippen LogP contribution in [0.15, 0.2) is 24.5 Å². The predicted octanol–water partition coefficient (Wildman–Crippen LogP) is 1.98. The Hall–Kier alpha value is -9.94. The van der Waals surface area contributed by atoms with E-state index >= 15 is 0 Å².